The molecule has 1 N–H and O–H groups in total. The summed E-state index contributed by atoms with van der Waals surface area (Å²) >= 11 is 0. The van der Waals surface area contributed by atoms with Crippen LogP contribution in [0.1, 0.15) is 17.5 Å². The molecule has 0 aliphatic carbocycles. The standard InChI is InChI=1S/C11H14FN.ClH/c1-9-3-2-4-10(7-9)11(12)5-6-13-8-11;/h2-4,7,13H,5-6,8H2,1H3;1H. The zero-order valence-corrected chi connectivity index (χ0v) is 9.03. The quantitative estimate of drug-likeness (QED) is 0.760. The molecule has 1 aromatic carbocycles. The SMILES string of the molecule is Cc1cccc(C2(F)CCNC2)c1.Cl. The second kappa shape index (κ2) is 4.28. The predicted octanol–water partition coefficient (Wildman–Crippen LogP) is 2.57. The number of nitrogens with one attached hydrogen (secondary N) is 1. The van der Waals surface area contributed by atoms with Crippen LogP contribution in [0.5, 0.6) is 0 Å². The zero-order chi connectivity index (χ0) is 9.31. The summed E-state index contributed by atoms with van der Waals surface area (Å²) < 4.78 is 14.2. The Balaban J connectivity index is 0.000000980. The molecule has 1 saturated heterocycles. The first-order valence-electron chi connectivity index (χ1n) is 4.67. The number of hydrogen-bond donors (Lipinski definition) is 1. The van der Waals surface area contributed by atoms with Crippen LogP contribution in [0, 0.1) is 6.92 Å². The molecule has 14 heavy (non-hydrogen) atoms. The minimum Gasteiger partial charge on any atom is -0.313 e. The zero-order valence-electron chi connectivity index (χ0n) is 8.22. The van der Waals surface area contributed by atoms with Crippen LogP contribution in [0.3, 0.4) is 0 Å². The van der Waals surface area contributed by atoms with Crippen LogP contribution in [0.2, 0.25) is 0 Å². The fourth-order valence-electron chi connectivity index (χ4n) is 1.83. The third kappa shape index (κ3) is 2.07. The van der Waals surface area contributed by atoms with Gasteiger partial charge in [-0.1, -0.05) is 29.8 Å². The van der Waals surface area contributed by atoms with Crippen molar-refractivity contribution >= 4 is 12.4 Å². The van der Waals surface area contributed by atoms with E-state index in [9.17, 15) is 4.39 Å². The van der Waals surface area contributed by atoms with Gasteiger partial charge in [-0.15, -0.1) is 12.4 Å². The van der Waals surface area contributed by atoms with Crippen LogP contribution < -0.4 is 5.32 Å². The maximum Gasteiger partial charge on any atom is 0.149 e. The van der Waals surface area contributed by atoms with Crippen molar-refractivity contribution in [2.45, 2.75) is 19.0 Å². The van der Waals surface area contributed by atoms with Crippen LogP contribution in [-0.4, -0.2) is 13.1 Å². The van der Waals surface area contributed by atoms with Gasteiger partial charge in [0.15, 0.2) is 0 Å². The molecule has 0 amide bonds. The Morgan fingerprint density at radius 3 is 2.79 bits per heavy atom. The summed E-state index contributed by atoms with van der Waals surface area (Å²) in [6.07, 6.45) is 0.594. The normalized spacial score (nSPS) is 25.9. The van der Waals surface area contributed by atoms with E-state index >= 15 is 0 Å². The summed E-state index contributed by atoms with van der Waals surface area (Å²) in [4.78, 5) is 0. The number of rotatable bonds is 1. The summed E-state index contributed by atoms with van der Waals surface area (Å²) in [5.41, 5.74) is 0.811. The van der Waals surface area contributed by atoms with Crippen molar-refractivity contribution in [1.29, 1.82) is 0 Å². The molecule has 2 rings (SSSR count). The Bertz CT molecular complexity index is 308. The van der Waals surface area contributed by atoms with Crippen molar-refractivity contribution in [1.82, 2.24) is 5.32 Å². The van der Waals surface area contributed by atoms with Crippen LogP contribution in [0.25, 0.3) is 0 Å². The smallest absolute Gasteiger partial charge is 0.149 e. The van der Waals surface area contributed by atoms with Crippen molar-refractivity contribution in [2.24, 2.45) is 0 Å². The highest BCUT2D eigenvalue weighted by atomic mass is 35.5. The van der Waals surface area contributed by atoms with Gasteiger partial charge in [-0.25, -0.2) is 4.39 Å². The number of benzene rings is 1. The van der Waals surface area contributed by atoms with Crippen molar-refractivity contribution in [2.75, 3.05) is 13.1 Å². The van der Waals surface area contributed by atoms with Gasteiger partial charge in [0.05, 0.1) is 0 Å². The molecule has 1 heterocycles. The predicted molar refractivity (Wildman–Crippen MR) is 58.7 cm³/mol. The van der Waals surface area contributed by atoms with Crippen LogP contribution in [0.4, 0.5) is 4.39 Å². The molecule has 1 aliphatic heterocycles. The first-order valence-corrected chi connectivity index (χ1v) is 4.67. The first kappa shape index (κ1) is 11.5. The Hall–Kier alpha value is -0.600. The molecule has 0 bridgehead atoms. The number of halogens is 2. The van der Waals surface area contributed by atoms with Crippen molar-refractivity contribution in [3.63, 3.8) is 0 Å². The molecule has 78 valence electrons. The van der Waals surface area contributed by atoms with Crippen molar-refractivity contribution in [3.8, 4) is 0 Å². The van der Waals surface area contributed by atoms with Gasteiger partial charge in [0.2, 0.25) is 0 Å². The first-order chi connectivity index (χ1) is 6.21. The van der Waals surface area contributed by atoms with E-state index in [0.717, 1.165) is 17.7 Å². The van der Waals surface area contributed by atoms with E-state index < -0.39 is 5.67 Å². The minimum absolute atomic E-state index is 0. The maximum atomic E-state index is 14.2. The minimum atomic E-state index is -1.13. The van der Waals surface area contributed by atoms with Gasteiger partial charge in [-0.2, -0.15) is 0 Å². The molecule has 1 unspecified atom stereocenters. The Kier molecular flexibility index (Phi) is 3.51. The van der Waals surface area contributed by atoms with Gasteiger partial charge in [-0.3, -0.25) is 0 Å². The number of alkyl halides is 1. The van der Waals surface area contributed by atoms with E-state index in [1.54, 1.807) is 0 Å². The van der Waals surface area contributed by atoms with E-state index in [4.69, 9.17) is 0 Å². The fourth-order valence-corrected chi connectivity index (χ4v) is 1.83. The summed E-state index contributed by atoms with van der Waals surface area (Å²) in [7, 11) is 0. The molecule has 0 aromatic heterocycles. The van der Waals surface area contributed by atoms with E-state index in [1.165, 1.54) is 0 Å². The van der Waals surface area contributed by atoms with Gasteiger partial charge in [0.25, 0.3) is 0 Å². The lowest BCUT2D eigenvalue weighted by Gasteiger charge is -2.18. The molecule has 1 fully saturated rings. The Morgan fingerprint density at radius 2 is 2.21 bits per heavy atom. The topological polar surface area (TPSA) is 12.0 Å². The summed E-state index contributed by atoms with van der Waals surface area (Å²) in [6.45, 7) is 3.23. The fraction of sp³-hybridized carbons (Fsp3) is 0.455. The molecule has 1 atom stereocenters. The third-order valence-corrected chi connectivity index (χ3v) is 2.64. The molecule has 3 heteroatoms. The number of aryl methyl sites for hydroxylation is 1. The van der Waals surface area contributed by atoms with Gasteiger partial charge in [-0.05, 0) is 25.5 Å². The third-order valence-electron chi connectivity index (χ3n) is 2.64. The molecular weight excluding hydrogens is 201 g/mol. The second-order valence-corrected chi connectivity index (χ2v) is 3.76. The highest BCUT2D eigenvalue weighted by Gasteiger charge is 2.35. The maximum absolute atomic E-state index is 14.2. The highest BCUT2D eigenvalue weighted by molar-refractivity contribution is 5.85. The summed E-state index contributed by atoms with van der Waals surface area (Å²) in [6, 6.07) is 7.73. The highest BCUT2D eigenvalue weighted by Crippen LogP contribution is 2.32. The van der Waals surface area contributed by atoms with Crippen molar-refractivity contribution in [3.05, 3.63) is 35.4 Å². The average molecular weight is 216 g/mol. The molecule has 0 spiro atoms. The molecule has 1 aromatic rings. The monoisotopic (exact) mass is 215 g/mol. The Morgan fingerprint density at radius 1 is 1.43 bits per heavy atom. The average Bonchev–Trinajstić information content (AvgIpc) is 2.54. The van der Waals surface area contributed by atoms with Crippen LogP contribution in [0.15, 0.2) is 24.3 Å². The molecule has 0 radical (unpaired) electrons. The van der Waals surface area contributed by atoms with Gasteiger partial charge < -0.3 is 5.32 Å². The van der Waals surface area contributed by atoms with E-state index in [2.05, 4.69) is 5.32 Å². The van der Waals surface area contributed by atoms with Crippen molar-refractivity contribution < 1.29 is 4.39 Å². The van der Waals surface area contributed by atoms with Gasteiger partial charge in [0.1, 0.15) is 5.67 Å². The second-order valence-electron chi connectivity index (χ2n) is 3.76. The molecular formula is C11H15ClFN. The lowest BCUT2D eigenvalue weighted by atomic mass is 9.94. The number of hydrogen-bond acceptors (Lipinski definition) is 1. The molecule has 1 nitrogen and oxygen atoms in total. The summed E-state index contributed by atoms with van der Waals surface area (Å²) in [5.74, 6) is 0. The van der Waals surface area contributed by atoms with E-state index in [0.29, 0.717) is 13.0 Å². The van der Waals surface area contributed by atoms with E-state index in [1.807, 2.05) is 31.2 Å². The largest absolute Gasteiger partial charge is 0.313 e. The lowest BCUT2D eigenvalue weighted by molar-refractivity contribution is 0.193. The van der Waals surface area contributed by atoms with E-state index in [-0.39, 0.29) is 12.4 Å². The Labute approximate surface area is 90.1 Å². The molecule has 0 saturated carbocycles. The van der Waals surface area contributed by atoms with Gasteiger partial charge >= 0.3 is 0 Å². The van der Waals surface area contributed by atoms with Crippen LogP contribution in [-0.2, 0) is 5.67 Å². The lowest BCUT2D eigenvalue weighted by Crippen LogP contribution is -2.23. The summed E-state index contributed by atoms with van der Waals surface area (Å²) in [5, 5.41) is 3.06. The molecule has 1 aliphatic rings. The van der Waals surface area contributed by atoms with Gasteiger partial charge in [0, 0.05) is 6.54 Å². The van der Waals surface area contributed by atoms with Crippen LogP contribution >= 0.6 is 12.4 Å².